The maximum Gasteiger partial charge on any atom is 0.323 e. The molecule has 2 fully saturated rings. The number of benzene rings is 3. The third-order valence-electron chi connectivity index (χ3n) is 7.48. The monoisotopic (exact) mass is 636 g/mol. The first-order chi connectivity index (χ1) is 20.5. The number of anilines is 4. The van der Waals surface area contributed by atoms with E-state index in [1.165, 1.54) is 0 Å². The van der Waals surface area contributed by atoms with Crippen LogP contribution >= 0.6 is 15.9 Å². The average Bonchev–Trinajstić information content (AvgIpc) is 3.02. The predicted octanol–water partition coefficient (Wildman–Crippen LogP) is 4.49. The minimum atomic E-state index is -0.390. The molecule has 10 nitrogen and oxygen atoms in total. The molecule has 2 aliphatic rings. The van der Waals surface area contributed by atoms with E-state index >= 15 is 0 Å². The Bertz CT molecular complexity index is 1380. The molecule has 222 valence electrons. The van der Waals surface area contributed by atoms with Gasteiger partial charge in [-0.05, 0) is 58.4 Å². The van der Waals surface area contributed by atoms with Crippen molar-refractivity contribution < 1.29 is 19.1 Å². The van der Waals surface area contributed by atoms with Gasteiger partial charge in [-0.2, -0.15) is 0 Å². The molecule has 2 heterocycles. The highest BCUT2D eigenvalue weighted by Crippen LogP contribution is 2.31. The Balaban J connectivity index is 1.30. The number of amides is 3. The molecule has 0 atom stereocenters. The number of hydrogen-bond acceptors (Lipinski definition) is 7. The van der Waals surface area contributed by atoms with E-state index in [1.54, 1.807) is 13.2 Å². The van der Waals surface area contributed by atoms with Gasteiger partial charge in [0.15, 0.2) is 0 Å². The van der Waals surface area contributed by atoms with Gasteiger partial charge < -0.3 is 35.2 Å². The number of nitrogens with one attached hydrogen (secondary N) is 3. The molecule has 3 N–H and O–H groups in total. The highest BCUT2D eigenvalue weighted by Gasteiger charge is 2.24. The van der Waals surface area contributed by atoms with Gasteiger partial charge in [-0.25, -0.2) is 4.79 Å². The van der Waals surface area contributed by atoms with E-state index < -0.39 is 6.03 Å². The van der Waals surface area contributed by atoms with Crippen molar-refractivity contribution in [3.63, 3.8) is 0 Å². The lowest BCUT2D eigenvalue weighted by atomic mass is 10.1. The van der Waals surface area contributed by atoms with Crippen molar-refractivity contribution in [3.05, 3.63) is 76.8 Å². The van der Waals surface area contributed by atoms with E-state index in [0.717, 1.165) is 67.4 Å². The zero-order chi connectivity index (χ0) is 29.3. The van der Waals surface area contributed by atoms with Crippen molar-refractivity contribution in [1.82, 2.24) is 10.2 Å². The standard InChI is InChI=1S/C31H37BrN6O4/c1-41-29-9-5-4-8-28(29)38-16-14-37(15-17-38)27-11-10-23(34-31(40)35-26-7-3-2-6-25(26)32)22-24(27)30(39)33-12-13-36-18-20-42-21-19-36/h2-11,22H,12-21H2,1H3,(H,33,39)(H2,34,35,40). The first-order valence-electron chi connectivity index (χ1n) is 14.2. The Morgan fingerprint density at radius 3 is 2.29 bits per heavy atom. The largest absolute Gasteiger partial charge is 0.495 e. The second-order valence-electron chi connectivity index (χ2n) is 10.1. The molecular weight excluding hydrogens is 600 g/mol. The molecular formula is C31H37BrN6O4. The summed E-state index contributed by atoms with van der Waals surface area (Å²) in [6.07, 6.45) is 0. The zero-order valence-electron chi connectivity index (χ0n) is 23.8. The summed E-state index contributed by atoms with van der Waals surface area (Å²) in [4.78, 5) is 33.2. The van der Waals surface area contributed by atoms with Crippen LogP contribution in [0.25, 0.3) is 0 Å². The van der Waals surface area contributed by atoms with Crippen molar-refractivity contribution in [3.8, 4) is 5.75 Å². The Morgan fingerprint density at radius 2 is 1.55 bits per heavy atom. The molecule has 2 saturated heterocycles. The maximum atomic E-state index is 13.6. The molecule has 0 saturated carbocycles. The minimum absolute atomic E-state index is 0.166. The quantitative estimate of drug-likeness (QED) is 0.318. The fraction of sp³-hybridized carbons (Fsp3) is 0.355. The fourth-order valence-corrected chi connectivity index (χ4v) is 5.63. The van der Waals surface area contributed by atoms with Crippen molar-refractivity contribution in [2.45, 2.75) is 0 Å². The summed E-state index contributed by atoms with van der Waals surface area (Å²) in [5.74, 6) is 0.683. The molecule has 0 aromatic heterocycles. The first-order valence-corrected chi connectivity index (χ1v) is 15.0. The van der Waals surface area contributed by atoms with E-state index in [9.17, 15) is 9.59 Å². The lowest BCUT2D eigenvalue weighted by molar-refractivity contribution is 0.0383. The molecule has 0 radical (unpaired) electrons. The topological polar surface area (TPSA) is 98.4 Å². The van der Waals surface area contributed by atoms with E-state index in [-0.39, 0.29) is 5.91 Å². The number of methoxy groups -OCH3 is 1. The summed E-state index contributed by atoms with van der Waals surface area (Å²) in [5, 5.41) is 8.82. The van der Waals surface area contributed by atoms with Gasteiger partial charge in [0.05, 0.1) is 37.3 Å². The van der Waals surface area contributed by atoms with Gasteiger partial charge in [-0.1, -0.05) is 24.3 Å². The van der Waals surface area contributed by atoms with Gasteiger partial charge in [0, 0.05) is 68.2 Å². The third-order valence-corrected chi connectivity index (χ3v) is 8.18. The number of piperazine rings is 1. The van der Waals surface area contributed by atoms with E-state index in [0.29, 0.717) is 36.7 Å². The van der Waals surface area contributed by atoms with Crippen LogP contribution < -0.4 is 30.5 Å². The number of hydrogen-bond donors (Lipinski definition) is 3. The molecule has 3 amide bonds. The van der Waals surface area contributed by atoms with Crippen LogP contribution in [0.4, 0.5) is 27.5 Å². The summed E-state index contributed by atoms with van der Waals surface area (Å²) in [6.45, 7) is 7.49. The molecule has 5 rings (SSSR count). The molecule has 3 aromatic rings. The molecule has 11 heteroatoms. The average molecular weight is 638 g/mol. The second kappa shape index (κ2) is 14.4. The van der Waals surface area contributed by atoms with Crippen LogP contribution in [-0.2, 0) is 4.74 Å². The van der Waals surface area contributed by atoms with E-state index in [2.05, 4.69) is 52.6 Å². The lowest BCUT2D eigenvalue weighted by Gasteiger charge is -2.38. The van der Waals surface area contributed by atoms with Crippen molar-refractivity contribution in [2.24, 2.45) is 0 Å². The summed E-state index contributed by atoms with van der Waals surface area (Å²) in [7, 11) is 1.69. The highest BCUT2D eigenvalue weighted by atomic mass is 79.9. The molecule has 0 unspecified atom stereocenters. The molecule has 0 spiro atoms. The van der Waals surface area contributed by atoms with Crippen LogP contribution in [0.1, 0.15) is 10.4 Å². The first kappa shape index (κ1) is 29.7. The van der Waals surface area contributed by atoms with Crippen LogP contribution in [0.3, 0.4) is 0 Å². The number of para-hydroxylation sites is 3. The molecule has 0 aliphatic carbocycles. The van der Waals surface area contributed by atoms with Gasteiger partial charge in [0.25, 0.3) is 5.91 Å². The number of carbonyl (C=O) groups excluding carboxylic acids is 2. The van der Waals surface area contributed by atoms with Gasteiger partial charge in [-0.3, -0.25) is 9.69 Å². The number of ether oxygens (including phenoxy) is 2. The summed E-state index contributed by atoms with van der Waals surface area (Å²) in [6, 6.07) is 20.6. The van der Waals surface area contributed by atoms with Crippen molar-refractivity contribution in [1.29, 1.82) is 0 Å². The smallest absolute Gasteiger partial charge is 0.323 e. The van der Waals surface area contributed by atoms with Gasteiger partial charge in [0.1, 0.15) is 5.75 Å². The third kappa shape index (κ3) is 7.53. The van der Waals surface area contributed by atoms with Crippen molar-refractivity contribution in [2.75, 3.05) is 93.1 Å². The lowest BCUT2D eigenvalue weighted by Crippen LogP contribution is -2.47. The number of morpholine rings is 1. The zero-order valence-corrected chi connectivity index (χ0v) is 25.4. The highest BCUT2D eigenvalue weighted by molar-refractivity contribution is 9.10. The molecule has 2 aliphatic heterocycles. The second-order valence-corrected chi connectivity index (χ2v) is 11.0. The summed E-state index contributed by atoms with van der Waals surface area (Å²) >= 11 is 3.45. The summed E-state index contributed by atoms with van der Waals surface area (Å²) in [5.41, 5.74) is 3.63. The van der Waals surface area contributed by atoms with Crippen LogP contribution in [0.5, 0.6) is 5.75 Å². The van der Waals surface area contributed by atoms with Gasteiger partial charge in [0.2, 0.25) is 0 Å². The van der Waals surface area contributed by atoms with Crippen molar-refractivity contribution >= 4 is 50.6 Å². The number of carbonyl (C=O) groups is 2. The SMILES string of the molecule is COc1ccccc1N1CCN(c2ccc(NC(=O)Nc3ccccc3Br)cc2C(=O)NCCN2CCOCC2)CC1. The normalized spacial score (nSPS) is 15.7. The van der Waals surface area contributed by atoms with Crippen LogP contribution in [0, 0.1) is 0 Å². The van der Waals surface area contributed by atoms with Crippen LogP contribution in [-0.4, -0.2) is 89.5 Å². The number of rotatable bonds is 9. The Hall–Kier alpha value is -3.80. The van der Waals surface area contributed by atoms with Crippen LogP contribution in [0.2, 0.25) is 0 Å². The van der Waals surface area contributed by atoms with Crippen LogP contribution in [0.15, 0.2) is 71.2 Å². The Morgan fingerprint density at radius 1 is 0.857 bits per heavy atom. The molecule has 3 aromatic carbocycles. The number of nitrogens with zero attached hydrogens (tertiary/aromatic N) is 3. The number of halogens is 1. The maximum absolute atomic E-state index is 13.6. The van der Waals surface area contributed by atoms with E-state index in [1.807, 2.05) is 54.6 Å². The Labute approximate surface area is 255 Å². The molecule has 42 heavy (non-hydrogen) atoms. The van der Waals surface area contributed by atoms with E-state index in [4.69, 9.17) is 9.47 Å². The minimum Gasteiger partial charge on any atom is -0.495 e. The van der Waals surface area contributed by atoms with Gasteiger partial charge in [-0.15, -0.1) is 0 Å². The molecule has 0 bridgehead atoms. The Kier molecular flexibility index (Phi) is 10.2. The predicted molar refractivity (Wildman–Crippen MR) is 170 cm³/mol. The number of urea groups is 1. The fourth-order valence-electron chi connectivity index (χ4n) is 5.25. The summed E-state index contributed by atoms with van der Waals surface area (Å²) < 4.78 is 11.8. The van der Waals surface area contributed by atoms with Gasteiger partial charge >= 0.3 is 6.03 Å².